The highest BCUT2D eigenvalue weighted by Crippen LogP contribution is 1.98. The van der Waals surface area contributed by atoms with E-state index in [0.29, 0.717) is 5.56 Å². The van der Waals surface area contributed by atoms with Crippen molar-refractivity contribution in [1.29, 1.82) is 0 Å². The van der Waals surface area contributed by atoms with Gasteiger partial charge in [0.15, 0.2) is 0 Å². The summed E-state index contributed by atoms with van der Waals surface area (Å²) in [6.45, 7) is 0.494. The third-order valence-electron chi connectivity index (χ3n) is 2.97. The average molecular weight is 301 g/mol. The van der Waals surface area contributed by atoms with Crippen LogP contribution in [0.25, 0.3) is 0 Å². The Balaban J connectivity index is 1.98. The van der Waals surface area contributed by atoms with E-state index in [0.717, 1.165) is 0 Å². The quantitative estimate of drug-likeness (QED) is 0.810. The van der Waals surface area contributed by atoms with Crippen LogP contribution in [0.1, 0.15) is 20.7 Å². The molecule has 114 valence electrons. The Morgan fingerprint density at radius 2 is 2.09 bits per heavy atom. The smallest absolute Gasteiger partial charge is 0.339 e. The molecular weight excluding hydrogens is 286 g/mol. The molecule has 0 fully saturated rings. The average Bonchev–Trinajstić information content (AvgIpc) is 2.56. The number of hydrogen-bond donors (Lipinski definition) is 1. The van der Waals surface area contributed by atoms with Crippen LogP contribution >= 0.6 is 0 Å². The maximum atomic E-state index is 11.8. The summed E-state index contributed by atoms with van der Waals surface area (Å²) in [5, 5.41) is 2.68. The minimum Gasteiger partial charge on any atom is -0.465 e. The van der Waals surface area contributed by atoms with Crippen molar-refractivity contribution in [3.8, 4) is 0 Å². The van der Waals surface area contributed by atoms with Gasteiger partial charge in [-0.25, -0.2) is 4.79 Å². The summed E-state index contributed by atoms with van der Waals surface area (Å²) < 4.78 is 5.94. The molecular formula is C15H15N3O4. The van der Waals surface area contributed by atoms with Gasteiger partial charge in [-0.2, -0.15) is 0 Å². The van der Waals surface area contributed by atoms with E-state index < -0.39 is 5.97 Å². The second kappa shape index (κ2) is 7.16. The summed E-state index contributed by atoms with van der Waals surface area (Å²) in [4.78, 5) is 38.8. The van der Waals surface area contributed by atoms with Crippen LogP contribution < -0.4 is 10.9 Å². The zero-order valence-electron chi connectivity index (χ0n) is 12.0. The van der Waals surface area contributed by atoms with Gasteiger partial charge < -0.3 is 14.6 Å². The Labute approximate surface area is 126 Å². The molecule has 1 amide bonds. The molecule has 0 saturated heterocycles. The number of rotatable bonds is 5. The molecule has 0 unspecified atom stereocenters. The zero-order chi connectivity index (χ0) is 15.9. The van der Waals surface area contributed by atoms with E-state index in [9.17, 15) is 14.4 Å². The van der Waals surface area contributed by atoms with Gasteiger partial charge in [-0.3, -0.25) is 14.6 Å². The molecule has 2 aromatic rings. The maximum absolute atomic E-state index is 11.8. The van der Waals surface area contributed by atoms with Crippen molar-refractivity contribution in [2.45, 2.75) is 6.54 Å². The fourth-order valence-electron chi connectivity index (χ4n) is 1.83. The van der Waals surface area contributed by atoms with E-state index in [1.54, 1.807) is 18.3 Å². The first-order valence-electron chi connectivity index (χ1n) is 6.59. The summed E-state index contributed by atoms with van der Waals surface area (Å²) in [6, 6.07) is 6.00. The molecule has 2 aromatic heterocycles. The molecule has 0 radical (unpaired) electrons. The molecule has 0 aromatic carbocycles. The normalized spacial score (nSPS) is 10.0. The number of amides is 1. The van der Waals surface area contributed by atoms with Crippen LogP contribution in [0.15, 0.2) is 47.7 Å². The Hall–Kier alpha value is -2.96. The zero-order valence-corrected chi connectivity index (χ0v) is 12.0. The fourth-order valence-corrected chi connectivity index (χ4v) is 1.83. The third kappa shape index (κ3) is 3.78. The van der Waals surface area contributed by atoms with E-state index >= 15 is 0 Å². The molecule has 0 atom stereocenters. The number of esters is 1. The first-order valence-corrected chi connectivity index (χ1v) is 6.59. The van der Waals surface area contributed by atoms with Gasteiger partial charge in [0.1, 0.15) is 0 Å². The van der Waals surface area contributed by atoms with Crippen LogP contribution in [0.2, 0.25) is 0 Å². The van der Waals surface area contributed by atoms with Crippen molar-refractivity contribution in [3.63, 3.8) is 0 Å². The fraction of sp³-hybridized carbons (Fsp3) is 0.200. The van der Waals surface area contributed by atoms with E-state index in [-0.39, 0.29) is 30.1 Å². The Morgan fingerprint density at radius 3 is 2.77 bits per heavy atom. The Morgan fingerprint density at radius 1 is 1.27 bits per heavy atom. The van der Waals surface area contributed by atoms with Gasteiger partial charge in [-0.05, 0) is 18.2 Å². The molecule has 0 bridgehead atoms. The van der Waals surface area contributed by atoms with E-state index in [4.69, 9.17) is 0 Å². The van der Waals surface area contributed by atoms with E-state index in [1.165, 1.54) is 36.2 Å². The number of nitrogens with zero attached hydrogens (tertiary/aromatic N) is 2. The van der Waals surface area contributed by atoms with Crippen LogP contribution in [-0.2, 0) is 11.3 Å². The van der Waals surface area contributed by atoms with Gasteiger partial charge in [0.05, 0.1) is 18.2 Å². The second-order valence-electron chi connectivity index (χ2n) is 4.44. The van der Waals surface area contributed by atoms with Crippen molar-refractivity contribution in [2.75, 3.05) is 13.7 Å². The topological polar surface area (TPSA) is 90.3 Å². The molecule has 0 spiro atoms. The predicted molar refractivity (Wildman–Crippen MR) is 78.6 cm³/mol. The number of aromatic nitrogens is 2. The summed E-state index contributed by atoms with van der Waals surface area (Å²) in [5.41, 5.74) is 0.460. The van der Waals surface area contributed by atoms with Crippen LogP contribution in [0.5, 0.6) is 0 Å². The molecule has 2 rings (SSSR count). The van der Waals surface area contributed by atoms with Gasteiger partial charge >= 0.3 is 5.97 Å². The standard InChI is InChI=1S/C15H15N3O4/c1-22-15(21)12-4-5-13(19)18(10-12)8-7-17-14(20)11-3-2-6-16-9-11/h2-6,9-10H,7-8H2,1H3,(H,17,20). The number of hydrogen-bond acceptors (Lipinski definition) is 5. The Bertz CT molecular complexity index is 725. The van der Waals surface area contributed by atoms with Gasteiger partial charge in [0.25, 0.3) is 11.5 Å². The first kappa shape index (κ1) is 15.4. The minimum absolute atomic E-state index is 0.246. The van der Waals surface area contributed by atoms with Crippen molar-refractivity contribution in [2.24, 2.45) is 0 Å². The SMILES string of the molecule is COC(=O)c1ccc(=O)n(CCNC(=O)c2cccnc2)c1. The van der Waals surface area contributed by atoms with Crippen molar-refractivity contribution in [1.82, 2.24) is 14.9 Å². The van der Waals surface area contributed by atoms with E-state index in [1.807, 2.05) is 0 Å². The first-order chi connectivity index (χ1) is 10.6. The summed E-state index contributed by atoms with van der Waals surface area (Å²) in [7, 11) is 1.27. The molecule has 0 aliphatic carbocycles. The summed E-state index contributed by atoms with van der Waals surface area (Å²) in [5.74, 6) is -0.793. The highest BCUT2D eigenvalue weighted by atomic mass is 16.5. The molecule has 2 heterocycles. The molecule has 7 nitrogen and oxygen atoms in total. The minimum atomic E-state index is -0.520. The molecule has 1 N–H and O–H groups in total. The van der Waals surface area contributed by atoms with Crippen LogP contribution in [0.4, 0.5) is 0 Å². The van der Waals surface area contributed by atoms with Gasteiger partial charge in [0.2, 0.25) is 0 Å². The van der Waals surface area contributed by atoms with E-state index in [2.05, 4.69) is 15.0 Å². The predicted octanol–water partition coefficient (Wildman–Crippen LogP) is 0.460. The summed E-state index contributed by atoms with van der Waals surface area (Å²) in [6.07, 6.45) is 4.44. The number of carbonyl (C=O) groups excluding carboxylic acids is 2. The second-order valence-corrected chi connectivity index (χ2v) is 4.44. The lowest BCUT2D eigenvalue weighted by Gasteiger charge is -2.08. The number of methoxy groups -OCH3 is 1. The molecule has 0 saturated carbocycles. The monoisotopic (exact) mass is 301 g/mol. The lowest BCUT2D eigenvalue weighted by atomic mass is 10.2. The van der Waals surface area contributed by atoms with Crippen LogP contribution in [0.3, 0.4) is 0 Å². The number of nitrogens with one attached hydrogen (secondary N) is 1. The van der Waals surface area contributed by atoms with Gasteiger partial charge in [-0.15, -0.1) is 0 Å². The molecule has 22 heavy (non-hydrogen) atoms. The van der Waals surface area contributed by atoms with Crippen LogP contribution in [-0.4, -0.2) is 35.1 Å². The number of pyridine rings is 2. The van der Waals surface area contributed by atoms with Gasteiger partial charge in [0, 0.05) is 37.7 Å². The lowest BCUT2D eigenvalue weighted by molar-refractivity contribution is 0.0599. The van der Waals surface area contributed by atoms with Gasteiger partial charge in [-0.1, -0.05) is 0 Å². The third-order valence-corrected chi connectivity index (χ3v) is 2.97. The largest absolute Gasteiger partial charge is 0.465 e. The molecule has 0 aliphatic rings. The highest BCUT2D eigenvalue weighted by molar-refractivity contribution is 5.93. The van der Waals surface area contributed by atoms with Crippen molar-refractivity contribution >= 4 is 11.9 Å². The summed E-state index contributed by atoms with van der Waals surface area (Å²) >= 11 is 0. The maximum Gasteiger partial charge on any atom is 0.339 e. The van der Waals surface area contributed by atoms with Crippen LogP contribution in [0, 0.1) is 0 Å². The number of carbonyl (C=O) groups is 2. The van der Waals surface area contributed by atoms with Crippen molar-refractivity contribution < 1.29 is 14.3 Å². The number of ether oxygens (including phenoxy) is 1. The lowest BCUT2D eigenvalue weighted by Crippen LogP contribution is -2.31. The molecule has 7 heteroatoms. The van der Waals surface area contributed by atoms with Crippen molar-refractivity contribution in [3.05, 3.63) is 64.3 Å². The Kier molecular flexibility index (Phi) is 5.02. The highest BCUT2D eigenvalue weighted by Gasteiger charge is 2.08. The molecule has 0 aliphatic heterocycles.